The van der Waals surface area contributed by atoms with Crippen LogP contribution >= 0.6 is 22.7 Å². The quantitative estimate of drug-likeness (QED) is 0.846. The molecule has 0 N–H and O–H groups in total. The molecule has 1 aliphatic rings. The minimum absolute atomic E-state index is 0.309. The van der Waals surface area contributed by atoms with Crippen molar-refractivity contribution in [1.82, 2.24) is 14.8 Å². The molecule has 1 atom stereocenters. The molecular weight excluding hydrogens is 302 g/mol. The van der Waals surface area contributed by atoms with Crippen LogP contribution in [0, 0.1) is 0 Å². The molecule has 4 nitrogen and oxygen atoms in total. The van der Waals surface area contributed by atoms with E-state index in [1.165, 1.54) is 10.6 Å². The first-order chi connectivity index (χ1) is 10.2. The Bertz CT molecular complexity index is 553. The van der Waals surface area contributed by atoms with E-state index < -0.39 is 0 Å². The molecule has 1 fully saturated rings. The monoisotopic (exact) mass is 323 g/mol. The third-order valence-corrected chi connectivity index (χ3v) is 5.39. The number of aromatic nitrogens is 1. The fourth-order valence-electron chi connectivity index (χ4n) is 2.56. The van der Waals surface area contributed by atoms with E-state index in [0.29, 0.717) is 6.10 Å². The van der Waals surface area contributed by atoms with E-state index in [1.807, 2.05) is 0 Å². The van der Waals surface area contributed by atoms with E-state index in [9.17, 15) is 0 Å². The molecule has 3 heterocycles. The summed E-state index contributed by atoms with van der Waals surface area (Å²) in [5.74, 6) is 0. The van der Waals surface area contributed by atoms with E-state index in [-0.39, 0.29) is 0 Å². The van der Waals surface area contributed by atoms with Crippen LogP contribution in [0.1, 0.15) is 5.69 Å². The van der Waals surface area contributed by atoms with Gasteiger partial charge < -0.3 is 9.64 Å². The summed E-state index contributed by atoms with van der Waals surface area (Å²) >= 11 is 3.49. The first-order valence-corrected chi connectivity index (χ1v) is 8.93. The van der Waals surface area contributed by atoms with E-state index in [1.54, 1.807) is 22.7 Å². The fraction of sp³-hybridized carbons (Fsp3) is 0.533. The van der Waals surface area contributed by atoms with E-state index >= 15 is 0 Å². The summed E-state index contributed by atoms with van der Waals surface area (Å²) < 4.78 is 5.82. The van der Waals surface area contributed by atoms with Gasteiger partial charge in [0.15, 0.2) is 0 Å². The molecule has 0 aromatic carbocycles. The van der Waals surface area contributed by atoms with Crippen LogP contribution < -0.4 is 0 Å². The number of morpholine rings is 1. The molecule has 0 spiro atoms. The van der Waals surface area contributed by atoms with Gasteiger partial charge in [0.2, 0.25) is 0 Å². The van der Waals surface area contributed by atoms with Crippen LogP contribution in [-0.4, -0.2) is 61.2 Å². The zero-order valence-corrected chi connectivity index (χ0v) is 14.1. The second-order valence-corrected chi connectivity index (χ2v) is 7.42. The zero-order chi connectivity index (χ0) is 14.7. The molecule has 2 aromatic heterocycles. The highest BCUT2D eigenvalue weighted by Crippen LogP contribution is 2.28. The standard InChI is InChI=1S/C15H21N3OS2/c1-17(2)9-13-10-18(5-6-19-13)8-12-11-21-15(16-12)14-4-3-7-20-14/h3-4,7,11,13H,5-6,8-10H2,1-2H3/t13-/m0/s1. The highest BCUT2D eigenvalue weighted by Gasteiger charge is 2.21. The second kappa shape index (κ2) is 6.98. The van der Waals surface area contributed by atoms with Crippen molar-refractivity contribution in [3.63, 3.8) is 0 Å². The van der Waals surface area contributed by atoms with Gasteiger partial charge in [0.1, 0.15) is 5.01 Å². The van der Waals surface area contributed by atoms with Gasteiger partial charge in [0.05, 0.1) is 23.3 Å². The number of thiazole rings is 1. The fourth-order valence-corrected chi connectivity index (χ4v) is 4.19. The molecule has 21 heavy (non-hydrogen) atoms. The Morgan fingerprint density at radius 3 is 3.10 bits per heavy atom. The molecule has 0 unspecified atom stereocenters. The van der Waals surface area contributed by atoms with Crippen molar-refractivity contribution in [3.8, 4) is 9.88 Å². The van der Waals surface area contributed by atoms with Crippen molar-refractivity contribution >= 4 is 22.7 Å². The lowest BCUT2D eigenvalue weighted by Gasteiger charge is -2.33. The van der Waals surface area contributed by atoms with Gasteiger partial charge in [-0.05, 0) is 25.5 Å². The van der Waals surface area contributed by atoms with E-state index in [4.69, 9.17) is 9.72 Å². The normalized spacial score (nSPS) is 20.2. The summed E-state index contributed by atoms with van der Waals surface area (Å²) in [6.45, 7) is 4.71. The molecule has 0 bridgehead atoms. The summed E-state index contributed by atoms with van der Waals surface area (Å²) in [6, 6.07) is 4.21. The van der Waals surface area contributed by atoms with Gasteiger partial charge in [-0.2, -0.15) is 0 Å². The molecular formula is C15H21N3OS2. The van der Waals surface area contributed by atoms with Gasteiger partial charge in [-0.1, -0.05) is 6.07 Å². The van der Waals surface area contributed by atoms with Crippen molar-refractivity contribution < 1.29 is 4.74 Å². The number of nitrogens with zero attached hydrogens (tertiary/aromatic N) is 3. The highest BCUT2D eigenvalue weighted by atomic mass is 32.1. The van der Waals surface area contributed by atoms with Crippen LogP contribution in [-0.2, 0) is 11.3 Å². The van der Waals surface area contributed by atoms with E-state index in [2.05, 4.69) is 46.8 Å². The van der Waals surface area contributed by atoms with E-state index in [0.717, 1.165) is 37.8 Å². The van der Waals surface area contributed by atoms with Crippen molar-refractivity contribution in [1.29, 1.82) is 0 Å². The average Bonchev–Trinajstić information content (AvgIpc) is 3.08. The Hall–Kier alpha value is -0.790. The molecule has 1 aliphatic heterocycles. The van der Waals surface area contributed by atoms with Crippen LogP contribution in [0.4, 0.5) is 0 Å². The zero-order valence-electron chi connectivity index (χ0n) is 12.5. The minimum Gasteiger partial charge on any atom is -0.374 e. The van der Waals surface area contributed by atoms with Crippen molar-refractivity contribution in [3.05, 3.63) is 28.6 Å². The van der Waals surface area contributed by atoms with Crippen LogP contribution in [0.3, 0.4) is 0 Å². The molecule has 1 saturated heterocycles. The summed E-state index contributed by atoms with van der Waals surface area (Å²) in [7, 11) is 4.19. The molecule has 114 valence electrons. The maximum absolute atomic E-state index is 5.82. The Labute approximate surface area is 134 Å². The summed E-state index contributed by atoms with van der Waals surface area (Å²) in [5.41, 5.74) is 1.17. The largest absolute Gasteiger partial charge is 0.374 e. The topological polar surface area (TPSA) is 28.6 Å². The third-order valence-electron chi connectivity index (χ3n) is 3.46. The van der Waals surface area contributed by atoms with Crippen LogP contribution in [0.15, 0.2) is 22.9 Å². The number of rotatable bonds is 5. The molecule has 0 saturated carbocycles. The minimum atomic E-state index is 0.309. The first-order valence-electron chi connectivity index (χ1n) is 7.17. The maximum Gasteiger partial charge on any atom is 0.133 e. The number of likely N-dealkylation sites (N-methyl/N-ethyl adjacent to an activating group) is 1. The second-order valence-electron chi connectivity index (χ2n) is 5.61. The maximum atomic E-state index is 5.82. The summed E-state index contributed by atoms with van der Waals surface area (Å²) in [5, 5.41) is 5.42. The van der Waals surface area contributed by atoms with Gasteiger partial charge in [0, 0.05) is 31.6 Å². The summed E-state index contributed by atoms with van der Waals surface area (Å²) in [4.78, 5) is 10.7. The van der Waals surface area contributed by atoms with Crippen LogP contribution in [0.5, 0.6) is 0 Å². The Kier molecular flexibility index (Phi) is 5.03. The smallest absolute Gasteiger partial charge is 0.133 e. The van der Waals surface area contributed by atoms with Gasteiger partial charge in [-0.25, -0.2) is 4.98 Å². The molecule has 3 rings (SSSR count). The van der Waals surface area contributed by atoms with Crippen LogP contribution in [0.25, 0.3) is 9.88 Å². The van der Waals surface area contributed by atoms with Crippen LogP contribution in [0.2, 0.25) is 0 Å². The Morgan fingerprint density at radius 1 is 1.43 bits per heavy atom. The third kappa shape index (κ3) is 4.11. The predicted molar refractivity (Wildman–Crippen MR) is 89.0 cm³/mol. The summed E-state index contributed by atoms with van der Waals surface area (Å²) in [6.07, 6.45) is 0.309. The number of ether oxygens (including phenoxy) is 1. The lowest BCUT2D eigenvalue weighted by Crippen LogP contribution is -2.46. The van der Waals surface area contributed by atoms with Crippen molar-refractivity contribution in [2.75, 3.05) is 40.3 Å². The average molecular weight is 323 g/mol. The van der Waals surface area contributed by atoms with Gasteiger partial charge in [-0.3, -0.25) is 4.90 Å². The predicted octanol–water partition coefficient (Wildman–Crippen LogP) is 2.63. The Balaban J connectivity index is 1.59. The van der Waals surface area contributed by atoms with Crippen molar-refractivity contribution in [2.45, 2.75) is 12.6 Å². The van der Waals surface area contributed by atoms with Gasteiger partial charge in [0.25, 0.3) is 0 Å². The van der Waals surface area contributed by atoms with Gasteiger partial charge in [-0.15, -0.1) is 22.7 Å². The number of thiophene rings is 1. The number of hydrogen-bond acceptors (Lipinski definition) is 6. The molecule has 2 aromatic rings. The molecule has 0 aliphatic carbocycles. The Morgan fingerprint density at radius 2 is 2.33 bits per heavy atom. The molecule has 0 radical (unpaired) electrons. The lowest BCUT2D eigenvalue weighted by atomic mass is 10.2. The molecule has 6 heteroatoms. The van der Waals surface area contributed by atoms with Crippen molar-refractivity contribution in [2.24, 2.45) is 0 Å². The number of hydrogen-bond donors (Lipinski definition) is 0. The highest BCUT2D eigenvalue weighted by molar-refractivity contribution is 7.20. The molecule has 0 amide bonds. The van der Waals surface area contributed by atoms with Gasteiger partial charge >= 0.3 is 0 Å². The first kappa shape index (κ1) is 15.1. The lowest BCUT2D eigenvalue weighted by molar-refractivity contribution is -0.0409. The SMILES string of the molecule is CN(C)C[C@H]1CN(Cc2csc(-c3cccs3)n2)CCO1.